The molecule has 0 unspecified atom stereocenters. The number of nitrogens with zero attached hydrogens (tertiary/aromatic N) is 1. The van der Waals surface area contributed by atoms with Crippen molar-refractivity contribution >= 4 is 29.1 Å². The Balaban J connectivity index is 1.79. The van der Waals surface area contributed by atoms with Gasteiger partial charge in [0.1, 0.15) is 6.04 Å². The lowest BCUT2D eigenvalue weighted by atomic mass is 10.1. The molecule has 7 heteroatoms. The molecule has 0 aliphatic rings. The SMILES string of the molecule is CCN(CC)c1ccc(C(=O)NNC(=O)C[NH2+][C@H](C)c2cccc(Cl)c2)cc1. The number of rotatable bonds is 8. The number of amides is 2. The molecule has 0 aromatic heterocycles. The van der Waals surface area contributed by atoms with Gasteiger partial charge in [0.15, 0.2) is 6.54 Å². The largest absolute Gasteiger partial charge is 0.372 e. The molecule has 0 saturated carbocycles. The maximum Gasteiger partial charge on any atom is 0.293 e. The van der Waals surface area contributed by atoms with Gasteiger partial charge in [0.05, 0.1) is 0 Å². The first-order chi connectivity index (χ1) is 13.4. The molecule has 0 radical (unpaired) electrons. The highest BCUT2D eigenvalue weighted by molar-refractivity contribution is 6.30. The zero-order valence-corrected chi connectivity index (χ0v) is 17.3. The number of carbonyl (C=O) groups is 2. The number of carbonyl (C=O) groups excluding carboxylic acids is 2. The summed E-state index contributed by atoms with van der Waals surface area (Å²) in [6, 6.07) is 14.9. The fourth-order valence-electron chi connectivity index (χ4n) is 2.87. The highest BCUT2D eigenvalue weighted by atomic mass is 35.5. The molecular weight excluding hydrogens is 376 g/mol. The Labute approximate surface area is 171 Å². The second-order valence-electron chi connectivity index (χ2n) is 6.50. The number of halogens is 1. The summed E-state index contributed by atoms with van der Waals surface area (Å²) in [5.41, 5.74) is 7.50. The molecule has 2 amide bonds. The minimum Gasteiger partial charge on any atom is -0.372 e. The minimum absolute atomic E-state index is 0.0766. The summed E-state index contributed by atoms with van der Waals surface area (Å²) in [6.45, 7) is 8.17. The lowest BCUT2D eigenvalue weighted by Crippen LogP contribution is -2.87. The first-order valence-electron chi connectivity index (χ1n) is 9.47. The molecular formula is C21H28ClN4O2+. The fraction of sp³-hybridized carbons (Fsp3) is 0.333. The van der Waals surface area contributed by atoms with Gasteiger partial charge >= 0.3 is 0 Å². The van der Waals surface area contributed by atoms with Crippen molar-refractivity contribution < 1.29 is 14.9 Å². The van der Waals surface area contributed by atoms with Gasteiger partial charge in [-0.1, -0.05) is 23.7 Å². The summed E-state index contributed by atoms with van der Waals surface area (Å²) < 4.78 is 0. The predicted molar refractivity (Wildman–Crippen MR) is 112 cm³/mol. The molecule has 150 valence electrons. The molecule has 0 fully saturated rings. The number of anilines is 1. The summed E-state index contributed by atoms with van der Waals surface area (Å²) in [4.78, 5) is 26.4. The number of hydrogen-bond donors (Lipinski definition) is 3. The van der Waals surface area contributed by atoms with Gasteiger partial charge in [-0.25, -0.2) is 0 Å². The van der Waals surface area contributed by atoms with Gasteiger partial charge in [0.25, 0.3) is 11.8 Å². The Morgan fingerprint density at radius 3 is 2.36 bits per heavy atom. The Morgan fingerprint density at radius 1 is 1.07 bits per heavy atom. The van der Waals surface area contributed by atoms with Crippen molar-refractivity contribution in [3.05, 3.63) is 64.7 Å². The molecule has 0 saturated heterocycles. The van der Waals surface area contributed by atoms with E-state index in [2.05, 4.69) is 29.6 Å². The summed E-state index contributed by atoms with van der Waals surface area (Å²) in [5, 5.41) is 2.55. The van der Waals surface area contributed by atoms with Crippen LogP contribution in [0.1, 0.15) is 42.7 Å². The highest BCUT2D eigenvalue weighted by Gasteiger charge is 2.13. The Hall–Kier alpha value is -2.57. The van der Waals surface area contributed by atoms with Crippen LogP contribution in [0.25, 0.3) is 0 Å². The molecule has 0 bridgehead atoms. The third-order valence-corrected chi connectivity index (χ3v) is 4.84. The second kappa shape index (κ2) is 10.7. The van der Waals surface area contributed by atoms with E-state index in [1.165, 1.54) is 0 Å². The van der Waals surface area contributed by atoms with Crippen molar-refractivity contribution in [2.24, 2.45) is 0 Å². The monoisotopic (exact) mass is 403 g/mol. The van der Waals surface area contributed by atoms with Gasteiger partial charge in [-0.15, -0.1) is 0 Å². The van der Waals surface area contributed by atoms with Crippen LogP contribution in [0.5, 0.6) is 0 Å². The molecule has 2 aromatic carbocycles. The molecule has 28 heavy (non-hydrogen) atoms. The summed E-state index contributed by atoms with van der Waals surface area (Å²) in [5.74, 6) is -0.621. The lowest BCUT2D eigenvalue weighted by Gasteiger charge is -2.21. The summed E-state index contributed by atoms with van der Waals surface area (Å²) in [6.07, 6.45) is 0. The second-order valence-corrected chi connectivity index (χ2v) is 6.94. The van der Waals surface area contributed by atoms with Crippen LogP contribution in [-0.2, 0) is 4.79 Å². The van der Waals surface area contributed by atoms with Gasteiger partial charge in [0, 0.05) is 34.9 Å². The van der Waals surface area contributed by atoms with E-state index in [4.69, 9.17) is 11.6 Å². The molecule has 6 nitrogen and oxygen atoms in total. The lowest BCUT2D eigenvalue weighted by molar-refractivity contribution is -0.682. The topological polar surface area (TPSA) is 78.1 Å². The molecule has 4 N–H and O–H groups in total. The first kappa shape index (κ1) is 21.7. The van der Waals surface area contributed by atoms with Crippen LogP contribution in [0.15, 0.2) is 48.5 Å². The van der Waals surface area contributed by atoms with Gasteiger partial charge in [0.2, 0.25) is 0 Å². The summed E-state index contributed by atoms with van der Waals surface area (Å²) >= 11 is 5.99. The van der Waals surface area contributed by atoms with E-state index in [0.29, 0.717) is 10.6 Å². The molecule has 0 aliphatic heterocycles. The van der Waals surface area contributed by atoms with Gasteiger partial charge in [-0.2, -0.15) is 0 Å². The van der Waals surface area contributed by atoms with Crippen LogP contribution in [-0.4, -0.2) is 31.4 Å². The minimum atomic E-state index is -0.345. The number of nitrogens with one attached hydrogen (secondary N) is 2. The predicted octanol–water partition coefficient (Wildman–Crippen LogP) is 2.27. The van der Waals surface area contributed by atoms with Crippen molar-refractivity contribution in [2.75, 3.05) is 24.5 Å². The number of hydrogen-bond acceptors (Lipinski definition) is 3. The molecule has 2 aromatic rings. The average Bonchev–Trinajstić information content (AvgIpc) is 2.71. The van der Waals surface area contributed by atoms with Crippen molar-refractivity contribution in [3.8, 4) is 0 Å². The third-order valence-electron chi connectivity index (χ3n) is 4.60. The summed E-state index contributed by atoms with van der Waals surface area (Å²) in [7, 11) is 0. The van der Waals surface area contributed by atoms with Gasteiger partial charge in [-0.3, -0.25) is 20.4 Å². The van der Waals surface area contributed by atoms with Gasteiger partial charge < -0.3 is 10.2 Å². The van der Waals surface area contributed by atoms with Crippen LogP contribution in [0.3, 0.4) is 0 Å². The number of nitrogens with two attached hydrogens (primary N) is 1. The van der Waals surface area contributed by atoms with Crippen molar-refractivity contribution in [1.29, 1.82) is 0 Å². The Morgan fingerprint density at radius 2 is 1.75 bits per heavy atom. The molecule has 0 aliphatic carbocycles. The zero-order chi connectivity index (χ0) is 20.5. The van der Waals surface area contributed by atoms with E-state index >= 15 is 0 Å². The maximum absolute atomic E-state index is 12.2. The van der Waals surface area contributed by atoms with E-state index in [-0.39, 0.29) is 24.4 Å². The number of hydrazine groups is 1. The standard InChI is InChI=1S/C21H27ClN4O2/c1-4-26(5-2)19-11-9-16(10-12-19)21(28)25-24-20(27)14-23-15(3)17-7-6-8-18(22)13-17/h6-13,15,23H,4-5,14H2,1-3H3,(H,24,27)(H,25,28)/p+1/t15-/m1/s1. The highest BCUT2D eigenvalue weighted by Crippen LogP contribution is 2.15. The van der Waals surface area contributed by atoms with Crippen LogP contribution in [0.4, 0.5) is 5.69 Å². The normalized spacial score (nSPS) is 11.6. The quantitative estimate of drug-likeness (QED) is 0.592. The molecule has 2 rings (SSSR count). The van der Waals surface area contributed by atoms with Crippen LogP contribution in [0.2, 0.25) is 5.02 Å². The van der Waals surface area contributed by atoms with E-state index in [1.54, 1.807) is 12.1 Å². The average molecular weight is 404 g/mol. The Kier molecular flexibility index (Phi) is 8.29. The van der Waals surface area contributed by atoms with Crippen molar-refractivity contribution in [2.45, 2.75) is 26.8 Å². The van der Waals surface area contributed by atoms with Crippen molar-refractivity contribution in [1.82, 2.24) is 10.9 Å². The van der Waals surface area contributed by atoms with Gasteiger partial charge in [-0.05, 0) is 57.2 Å². The first-order valence-corrected chi connectivity index (χ1v) is 9.85. The smallest absolute Gasteiger partial charge is 0.293 e. The van der Waals surface area contributed by atoms with E-state index in [0.717, 1.165) is 24.3 Å². The van der Waals surface area contributed by atoms with E-state index < -0.39 is 0 Å². The van der Waals surface area contributed by atoms with Crippen LogP contribution >= 0.6 is 11.6 Å². The van der Waals surface area contributed by atoms with Crippen LogP contribution in [0, 0.1) is 0 Å². The van der Waals surface area contributed by atoms with Crippen molar-refractivity contribution in [3.63, 3.8) is 0 Å². The third kappa shape index (κ3) is 6.25. The van der Waals surface area contributed by atoms with E-state index in [9.17, 15) is 9.59 Å². The number of benzene rings is 2. The fourth-order valence-corrected chi connectivity index (χ4v) is 3.07. The van der Waals surface area contributed by atoms with E-state index in [1.807, 2.05) is 48.6 Å². The number of quaternary nitrogens is 1. The molecule has 1 atom stereocenters. The van der Waals surface area contributed by atoms with Crippen LogP contribution < -0.4 is 21.1 Å². The molecule has 0 spiro atoms. The zero-order valence-electron chi connectivity index (χ0n) is 16.5. The maximum atomic E-state index is 12.2. The molecule has 0 heterocycles. The Bertz CT molecular complexity index is 791.